The summed E-state index contributed by atoms with van der Waals surface area (Å²) in [5.74, 6) is -0.958. The topological polar surface area (TPSA) is 115 Å². The van der Waals surface area contributed by atoms with Gasteiger partial charge in [0.25, 0.3) is 5.91 Å². The summed E-state index contributed by atoms with van der Waals surface area (Å²) in [6.07, 6.45) is 4.34. The summed E-state index contributed by atoms with van der Waals surface area (Å²) in [7, 11) is 0. The number of fused-ring (bicyclic) bond motifs is 2. The van der Waals surface area contributed by atoms with E-state index in [0.29, 0.717) is 22.3 Å². The molecular weight excluding hydrogens is 356 g/mol. The quantitative estimate of drug-likeness (QED) is 0.326. The zero-order valence-electron chi connectivity index (χ0n) is 14.5. The number of aromatic nitrogens is 1. The highest BCUT2D eigenvalue weighted by Crippen LogP contribution is 2.32. The molecule has 0 spiro atoms. The fourth-order valence-electron chi connectivity index (χ4n) is 3.07. The van der Waals surface area contributed by atoms with Crippen LogP contribution in [0, 0.1) is 0 Å². The third-order valence-electron chi connectivity index (χ3n) is 4.48. The summed E-state index contributed by atoms with van der Waals surface area (Å²) in [6, 6.07) is 12.9. The molecule has 1 amide bonds. The summed E-state index contributed by atoms with van der Waals surface area (Å²) >= 11 is 0. The van der Waals surface area contributed by atoms with Gasteiger partial charge in [-0.3, -0.25) is 19.4 Å². The van der Waals surface area contributed by atoms with E-state index in [-0.39, 0.29) is 28.4 Å². The Labute approximate surface area is 159 Å². The molecular formula is C21H14N4O3. The SMILES string of the molecule is Nc1c(/C=N/NC(=O)c2ccncc2)ccc2c1C(=O)c1ccccc1C2=O. The Morgan fingerprint density at radius 3 is 2.32 bits per heavy atom. The Morgan fingerprint density at radius 1 is 0.929 bits per heavy atom. The van der Waals surface area contributed by atoms with Gasteiger partial charge in [0.15, 0.2) is 11.6 Å². The van der Waals surface area contributed by atoms with Crippen LogP contribution in [0.5, 0.6) is 0 Å². The van der Waals surface area contributed by atoms with Gasteiger partial charge in [0.05, 0.1) is 17.5 Å². The van der Waals surface area contributed by atoms with Crippen molar-refractivity contribution in [2.24, 2.45) is 5.10 Å². The van der Waals surface area contributed by atoms with Crippen LogP contribution in [0.1, 0.15) is 47.8 Å². The van der Waals surface area contributed by atoms with Crippen LogP contribution < -0.4 is 11.2 Å². The number of ketones is 2. The molecule has 0 bridgehead atoms. The molecule has 0 unspecified atom stereocenters. The van der Waals surface area contributed by atoms with Crippen molar-refractivity contribution < 1.29 is 14.4 Å². The number of nitrogens with zero attached hydrogens (tertiary/aromatic N) is 2. The molecule has 7 heteroatoms. The van der Waals surface area contributed by atoms with E-state index in [0.717, 1.165) is 0 Å². The second-order valence-corrected chi connectivity index (χ2v) is 6.13. The van der Waals surface area contributed by atoms with Crippen molar-refractivity contribution in [1.29, 1.82) is 0 Å². The van der Waals surface area contributed by atoms with Crippen molar-refractivity contribution in [1.82, 2.24) is 10.4 Å². The van der Waals surface area contributed by atoms with Gasteiger partial charge in [-0.25, -0.2) is 5.43 Å². The second-order valence-electron chi connectivity index (χ2n) is 6.13. The first kappa shape index (κ1) is 17.3. The number of carbonyl (C=O) groups excluding carboxylic acids is 3. The summed E-state index contributed by atoms with van der Waals surface area (Å²) in [5.41, 5.74) is 10.6. The van der Waals surface area contributed by atoms with Crippen LogP contribution in [0.2, 0.25) is 0 Å². The van der Waals surface area contributed by atoms with E-state index < -0.39 is 5.91 Å². The summed E-state index contributed by atoms with van der Waals surface area (Å²) in [4.78, 5) is 41.4. The molecule has 4 rings (SSSR count). The number of nitrogens with one attached hydrogen (secondary N) is 1. The molecule has 1 heterocycles. The number of hydrogen-bond acceptors (Lipinski definition) is 6. The maximum Gasteiger partial charge on any atom is 0.271 e. The highest BCUT2D eigenvalue weighted by molar-refractivity contribution is 6.30. The zero-order chi connectivity index (χ0) is 19.7. The molecule has 28 heavy (non-hydrogen) atoms. The van der Waals surface area contributed by atoms with Gasteiger partial charge in [0, 0.05) is 40.2 Å². The number of nitrogen functional groups attached to an aromatic ring is 1. The number of amides is 1. The van der Waals surface area contributed by atoms with Gasteiger partial charge >= 0.3 is 0 Å². The molecule has 0 saturated heterocycles. The number of pyridine rings is 1. The summed E-state index contributed by atoms with van der Waals surface area (Å²) in [6.45, 7) is 0. The lowest BCUT2D eigenvalue weighted by Crippen LogP contribution is -2.23. The summed E-state index contributed by atoms with van der Waals surface area (Å²) < 4.78 is 0. The van der Waals surface area contributed by atoms with E-state index in [1.165, 1.54) is 18.6 Å². The Bertz CT molecular complexity index is 1150. The Balaban J connectivity index is 1.64. The molecule has 3 aromatic rings. The predicted molar refractivity (Wildman–Crippen MR) is 103 cm³/mol. The smallest absolute Gasteiger partial charge is 0.271 e. The van der Waals surface area contributed by atoms with Crippen LogP contribution in [-0.4, -0.2) is 28.7 Å². The van der Waals surface area contributed by atoms with Gasteiger partial charge in [0.1, 0.15) is 0 Å². The lowest BCUT2D eigenvalue weighted by molar-refractivity contribution is 0.0954. The number of nitrogens with two attached hydrogens (primary N) is 1. The molecule has 0 saturated carbocycles. The van der Waals surface area contributed by atoms with Gasteiger partial charge < -0.3 is 5.73 Å². The standard InChI is InChI=1S/C21H14N4O3/c22-18-13(11-24-25-21(28)12-7-9-23-10-8-12)5-6-16-17(18)20(27)15-4-2-1-3-14(15)19(16)26/h1-11H,22H2,(H,25,28)/b24-11+. The van der Waals surface area contributed by atoms with Crippen molar-refractivity contribution in [3.8, 4) is 0 Å². The molecule has 136 valence electrons. The van der Waals surface area contributed by atoms with Gasteiger partial charge in [-0.2, -0.15) is 5.10 Å². The lowest BCUT2D eigenvalue weighted by Gasteiger charge is -2.19. The van der Waals surface area contributed by atoms with E-state index in [2.05, 4.69) is 15.5 Å². The minimum atomic E-state index is -0.407. The molecule has 1 aliphatic carbocycles. The lowest BCUT2D eigenvalue weighted by atomic mass is 9.82. The first-order chi connectivity index (χ1) is 13.6. The van der Waals surface area contributed by atoms with Crippen molar-refractivity contribution in [2.45, 2.75) is 0 Å². The van der Waals surface area contributed by atoms with Crippen LogP contribution in [0.3, 0.4) is 0 Å². The largest absolute Gasteiger partial charge is 0.398 e. The second kappa shape index (κ2) is 6.88. The van der Waals surface area contributed by atoms with Crippen molar-refractivity contribution in [3.05, 3.63) is 94.3 Å². The fraction of sp³-hybridized carbons (Fsp3) is 0. The number of rotatable bonds is 3. The number of hydrogen-bond donors (Lipinski definition) is 2. The molecule has 7 nitrogen and oxygen atoms in total. The van der Waals surface area contributed by atoms with Gasteiger partial charge in [-0.05, 0) is 18.2 Å². The van der Waals surface area contributed by atoms with Crippen molar-refractivity contribution in [3.63, 3.8) is 0 Å². The van der Waals surface area contributed by atoms with E-state index in [9.17, 15) is 14.4 Å². The molecule has 0 aliphatic heterocycles. The highest BCUT2D eigenvalue weighted by atomic mass is 16.2. The van der Waals surface area contributed by atoms with Gasteiger partial charge in [0.2, 0.25) is 0 Å². The van der Waals surface area contributed by atoms with Crippen LogP contribution >= 0.6 is 0 Å². The molecule has 0 radical (unpaired) electrons. The maximum absolute atomic E-state index is 12.8. The zero-order valence-corrected chi connectivity index (χ0v) is 14.5. The fourth-order valence-corrected chi connectivity index (χ4v) is 3.07. The van der Waals surface area contributed by atoms with Crippen molar-refractivity contribution in [2.75, 3.05) is 5.73 Å². The van der Waals surface area contributed by atoms with Crippen LogP contribution in [0.4, 0.5) is 5.69 Å². The molecule has 1 aromatic heterocycles. The molecule has 2 aromatic carbocycles. The number of carbonyl (C=O) groups is 3. The third-order valence-corrected chi connectivity index (χ3v) is 4.48. The molecule has 0 atom stereocenters. The highest BCUT2D eigenvalue weighted by Gasteiger charge is 2.31. The van der Waals surface area contributed by atoms with Crippen LogP contribution in [0.15, 0.2) is 66.0 Å². The van der Waals surface area contributed by atoms with Gasteiger partial charge in [-0.1, -0.05) is 30.3 Å². The van der Waals surface area contributed by atoms with Crippen LogP contribution in [-0.2, 0) is 0 Å². The van der Waals surface area contributed by atoms with E-state index in [1.807, 2.05) is 0 Å². The third kappa shape index (κ3) is 2.84. The molecule has 1 aliphatic rings. The Kier molecular flexibility index (Phi) is 4.25. The summed E-state index contributed by atoms with van der Waals surface area (Å²) in [5, 5.41) is 3.89. The first-order valence-corrected chi connectivity index (χ1v) is 8.42. The molecule has 0 fully saturated rings. The average Bonchev–Trinajstić information content (AvgIpc) is 2.73. The maximum atomic E-state index is 12.8. The van der Waals surface area contributed by atoms with E-state index in [4.69, 9.17) is 5.73 Å². The average molecular weight is 370 g/mol. The number of hydrazone groups is 1. The first-order valence-electron chi connectivity index (χ1n) is 8.42. The Hall–Kier alpha value is -4.13. The normalized spacial score (nSPS) is 12.6. The van der Waals surface area contributed by atoms with E-state index in [1.54, 1.807) is 48.5 Å². The van der Waals surface area contributed by atoms with E-state index >= 15 is 0 Å². The monoisotopic (exact) mass is 370 g/mol. The van der Waals surface area contributed by atoms with Crippen LogP contribution in [0.25, 0.3) is 0 Å². The predicted octanol–water partition coefficient (Wildman–Crippen LogP) is 2.20. The van der Waals surface area contributed by atoms with Crippen molar-refractivity contribution >= 4 is 29.4 Å². The minimum absolute atomic E-state index is 0.146. The number of benzene rings is 2. The Morgan fingerprint density at radius 2 is 1.61 bits per heavy atom. The molecule has 3 N–H and O–H groups in total. The van der Waals surface area contributed by atoms with Gasteiger partial charge in [-0.15, -0.1) is 0 Å². The minimum Gasteiger partial charge on any atom is -0.398 e. The number of anilines is 1.